The number of hydrogen-bond acceptors (Lipinski definition) is 4. The molecule has 21 heavy (non-hydrogen) atoms. The zero-order valence-corrected chi connectivity index (χ0v) is 14.0. The Kier molecular flexibility index (Phi) is 7.54. The normalized spacial score (nSPS) is 11.5. The predicted molar refractivity (Wildman–Crippen MR) is 86.4 cm³/mol. The van der Waals surface area contributed by atoms with Crippen molar-refractivity contribution in [3.05, 3.63) is 23.8 Å². The van der Waals surface area contributed by atoms with Crippen LogP contribution in [0.15, 0.2) is 18.2 Å². The highest BCUT2D eigenvalue weighted by Gasteiger charge is 2.18. The first kappa shape index (κ1) is 17.8. The lowest BCUT2D eigenvalue weighted by atomic mass is 9.86. The summed E-state index contributed by atoms with van der Waals surface area (Å²) in [5.74, 6) is 1.73. The van der Waals surface area contributed by atoms with Crippen LogP contribution in [0.1, 0.15) is 25.8 Å². The summed E-state index contributed by atoms with van der Waals surface area (Å²) in [5.41, 5.74) is 1.46. The van der Waals surface area contributed by atoms with E-state index in [0.717, 1.165) is 44.0 Å². The summed E-state index contributed by atoms with van der Waals surface area (Å²) in [6, 6.07) is 6.02. The van der Waals surface area contributed by atoms with Crippen LogP contribution in [0.25, 0.3) is 0 Å². The van der Waals surface area contributed by atoms with E-state index in [1.807, 2.05) is 12.1 Å². The van der Waals surface area contributed by atoms with Crippen LogP contribution in [-0.2, 0) is 11.2 Å². The van der Waals surface area contributed by atoms with Gasteiger partial charge in [-0.1, -0.05) is 19.9 Å². The van der Waals surface area contributed by atoms with E-state index < -0.39 is 0 Å². The van der Waals surface area contributed by atoms with E-state index in [1.165, 1.54) is 5.56 Å². The molecule has 1 N–H and O–H groups in total. The van der Waals surface area contributed by atoms with Crippen molar-refractivity contribution in [2.24, 2.45) is 5.41 Å². The molecule has 0 fully saturated rings. The van der Waals surface area contributed by atoms with E-state index in [2.05, 4.69) is 25.2 Å². The summed E-state index contributed by atoms with van der Waals surface area (Å²) < 4.78 is 15.7. The van der Waals surface area contributed by atoms with E-state index in [9.17, 15) is 0 Å². The minimum Gasteiger partial charge on any atom is -0.497 e. The van der Waals surface area contributed by atoms with Gasteiger partial charge in [0.1, 0.15) is 11.5 Å². The van der Waals surface area contributed by atoms with E-state index in [4.69, 9.17) is 14.2 Å². The number of benzene rings is 1. The molecule has 0 saturated heterocycles. The number of ether oxygens (including phenoxy) is 3. The summed E-state index contributed by atoms with van der Waals surface area (Å²) in [7, 11) is 5.10. The van der Waals surface area contributed by atoms with Crippen LogP contribution in [0, 0.1) is 5.41 Å². The smallest absolute Gasteiger partial charge is 0.125 e. The van der Waals surface area contributed by atoms with Gasteiger partial charge in [-0.25, -0.2) is 0 Å². The van der Waals surface area contributed by atoms with Crippen molar-refractivity contribution >= 4 is 0 Å². The fourth-order valence-corrected chi connectivity index (χ4v) is 2.22. The third-order valence-corrected chi connectivity index (χ3v) is 3.65. The third-order valence-electron chi connectivity index (χ3n) is 3.65. The molecule has 1 aromatic carbocycles. The number of aryl methyl sites for hydroxylation is 1. The Morgan fingerprint density at radius 2 is 1.86 bits per heavy atom. The first-order valence-electron chi connectivity index (χ1n) is 7.43. The van der Waals surface area contributed by atoms with E-state index in [1.54, 1.807) is 21.3 Å². The van der Waals surface area contributed by atoms with Gasteiger partial charge in [-0.3, -0.25) is 0 Å². The Bertz CT molecular complexity index is 418. The van der Waals surface area contributed by atoms with Crippen LogP contribution in [0.5, 0.6) is 11.5 Å². The molecular weight excluding hydrogens is 266 g/mol. The highest BCUT2D eigenvalue weighted by Crippen LogP contribution is 2.29. The number of nitrogens with one attached hydrogen (secondary N) is 1. The summed E-state index contributed by atoms with van der Waals surface area (Å²) >= 11 is 0. The Hall–Kier alpha value is -1.26. The van der Waals surface area contributed by atoms with Crippen LogP contribution in [0.4, 0.5) is 0 Å². The predicted octanol–water partition coefficient (Wildman–Crippen LogP) is 2.90. The van der Waals surface area contributed by atoms with Gasteiger partial charge in [0.25, 0.3) is 0 Å². The molecule has 4 heteroatoms. The van der Waals surface area contributed by atoms with E-state index in [0.29, 0.717) is 0 Å². The molecule has 0 aliphatic carbocycles. The first-order valence-corrected chi connectivity index (χ1v) is 7.43. The van der Waals surface area contributed by atoms with Gasteiger partial charge in [0.05, 0.1) is 20.8 Å². The minimum atomic E-state index is 0.235. The van der Waals surface area contributed by atoms with Gasteiger partial charge < -0.3 is 19.5 Å². The van der Waals surface area contributed by atoms with Gasteiger partial charge in [0, 0.05) is 26.3 Å². The van der Waals surface area contributed by atoms with Crippen molar-refractivity contribution in [3.63, 3.8) is 0 Å². The second-order valence-electron chi connectivity index (χ2n) is 6.01. The van der Waals surface area contributed by atoms with Gasteiger partial charge in [0.2, 0.25) is 0 Å². The Morgan fingerprint density at radius 3 is 2.48 bits per heavy atom. The lowest BCUT2D eigenvalue weighted by Crippen LogP contribution is -2.32. The molecule has 4 nitrogen and oxygen atoms in total. The van der Waals surface area contributed by atoms with Gasteiger partial charge in [0.15, 0.2) is 0 Å². The lowest BCUT2D eigenvalue weighted by Gasteiger charge is -2.25. The lowest BCUT2D eigenvalue weighted by molar-refractivity contribution is 0.193. The summed E-state index contributed by atoms with van der Waals surface area (Å²) in [4.78, 5) is 0. The quantitative estimate of drug-likeness (QED) is 0.674. The van der Waals surface area contributed by atoms with Gasteiger partial charge in [-0.15, -0.1) is 0 Å². The zero-order chi connectivity index (χ0) is 15.7. The van der Waals surface area contributed by atoms with Crippen molar-refractivity contribution in [1.82, 2.24) is 5.32 Å². The molecule has 0 heterocycles. The molecular formula is C17H29NO3. The maximum Gasteiger partial charge on any atom is 0.125 e. The van der Waals surface area contributed by atoms with Crippen LogP contribution in [0.2, 0.25) is 0 Å². The summed E-state index contributed by atoms with van der Waals surface area (Å²) in [5, 5.41) is 3.43. The van der Waals surface area contributed by atoms with Crippen molar-refractivity contribution in [2.75, 3.05) is 41.0 Å². The number of hydrogen-bond donors (Lipinski definition) is 1. The van der Waals surface area contributed by atoms with Crippen molar-refractivity contribution in [3.8, 4) is 11.5 Å². The molecule has 1 aromatic rings. The SMILES string of the molecule is COCCNCC(C)(C)CCc1ccc(OC)cc1OC. The molecule has 0 unspecified atom stereocenters. The van der Waals surface area contributed by atoms with E-state index >= 15 is 0 Å². The average Bonchev–Trinajstić information content (AvgIpc) is 2.49. The molecule has 0 aliphatic heterocycles. The molecule has 0 aliphatic rings. The van der Waals surface area contributed by atoms with Crippen LogP contribution < -0.4 is 14.8 Å². The molecule has 0 spiro atoms. The van der Waals surface area contributed by atoms with Crippen molar-refractivity contribution in [1.29, 1.82) is 0 Å². The molecule has 0 bridgehead atoms. The number of methoxy groups -OCH3 is 3. The first-order chi connectivity index (χ1) is 10.0. The average molecular weight is 295 g/mol. The van der Waals surface area contributed by atoms with Crippen LogP contribution >= 0.6 is 0 Å². The summed E-state index contributed by atoms with van der Waals surface area (Å²) in [6.07, 6.45) is 2.09. The van der Waals surface area contributed by atoms with E-state index in [-0.39, 0.29) is 5.41 Å². The molecule has 0 aromatic heterocycles. The highest BCUT2D eigenvalue weighted by atomic mass is 16.5. The summed E-state index contributed by atoms with van der Waals surface area (Å²) in [6.45, 7) is 7.19. The molecule has 0 atom stereocenters. The molecule has 1 rings (SSSR count). The number of rotatable bonds is 10. The van der Waals surface area contributed by atoms with Crippen molar-refractivity contribution < 1.29 is 14.2 Å². The largest absolute Gasteiger partial charge is 0.497 e. The third kappa shape index (κ3) is 6.36. The van der Waals surface area contributed by atoms with Gasteiger partial charge in [-0.2, -0.15) is 0 Å². The molecule has 120 valence electrons. The second-order valence-corrected chi connectivity index (χ2v) is 6.01. The maximum absolute atomic E-state index is 5.45. The Balaban J connectivity index is 2.53. The maximum atomic E-state index is 5.45. The fourth-order valence-electron chi connectivity index (χ4n) is 2.22. The fraction of sp³-hybridized carbons (Fsp3) is 0.647. The second kappa shape index (κ2) is 8.90. The van der Waals surface area contributed by atoms with Gasteiger partial charge >= 0.3 is 0 Å². The topological polar surface area (TPSA) is 39.7 Å². The van der Waals surface area contributed by atoms with Gasteiger partial charge in [-0.05, 0) is 29.9 Å². The Labute approximate surface area is 128 Å². The van der Waals surface area contributed by atoms with Crippen molar-refractivity contribution in [2.45, 2.75) is 26.7 Å². The van der Waals surface area contributed by atoms with Crippen LogP contribution in [0.3, 0.4) is 0 Å². The monoisotopic (exact) mass is 295 g/mol. The minimum absolute atomic E-state index is 0.235. The molecule has 0 radical (unpaired) electrons. The standard InChI is InChI=1S/C17H29NO3/c1-17(2,13-18-10-11-19-3)9-8-14-6-7-15(20-4)12-16(14)21-5/h6-7,12,18H,8-11,13H2,1-5H3. The molecule has 0 saturated carbocycles. The highest BCUT2D eigenvalue weighted by molar-refractivity contribution is 5.40. The molecule has 0 amide bonds. The Morgan fingerprint density at radius 1 is 1.10 bits per heavy atom. The zero-order valence-electron chi connectivity index (χ0n) is 14.0. The van der Waals surface area contributed by atoms with Crippen LogP contribution in [-0.4, -0.2) is 41.0 Å².